The zero-order valence-corrected chi connectivity index (χ0v) is 15.3. The molecule has 1 N–H and O–H groups in total. The molecule has 0 saturated heterocycles. The quantitative estimate of drug-likeness (QED) is 0.593. The summed E-state index contributed by atoms with van der Waals surface area (Å²) in [5.41, 5.74) is -0.694. The van der Waals surface area contributed by atoms with E-state index < -0.39 is 38.1 Å². The Balaban J connectivity index is 1.83. The molecule has 10 heteroatoms. The van der Waals surface area contributed by atoms with Gasteiger partial charge in [0.25, 0.3) is 0 Å². The second kappa shape index (κ2) is 7.20. The summed E-state index contributed by atoms with van der Waals surface area (Å²) < 4.78 is 54.5. The number of nitrogens with zero attached hydrogens (tertiary/aromatic N) is 3. The Bertz CT molecular complexity index is 894. The van der Waals surface area contributed by atoms with Crippen molar-refractivity contribution in [3.05, 3.63) is 41.5 Å². The summed E-state index contributed by atoms with van der Waals surface area (Å²) in [7, 11) is 0. The van der Waals surface area contributed by atoms with Gasteiger partial charge in [-0.1, -0.05) is 0 Å². The minimum atomic E-state index is -4.53. The Morgan fingerprint density at radius 3 is 2.85 bits per heavy atom. The third-order valence-electron chi connectivity index (χ3n) is 3.70. The molecule has 5 nitrogen and oxygen atoms in total. The van der Waals surface area contributed by atoms with E-state index in [1.54, 1.807) is 13.0 Å². The number of aryl methyl sites for hydroxylation is 1. The first-order valence-electron chi connectivity index (χ1n) is 7.77. The molecule has 2 aromatic heterocycles. The molecule has 1 aliphatic carbocycles. The summed E-state index contributed by atoms with van der Waals surface area (Å²) in [5.74, 6) is -1.09. The number of alkyl halides is 3. The number of hydrogen-bond donors (Lipinski definition) is 1. The normalized spacial score (nSPS) is 14.8. The number of nitrogens with one attached hydrogen (secondary N) is 1. The van der Waals surface area contributed by atoms with Gasteiger partial charge in [0.05, 0.1) is 0 Å². The number of hydrogen-bond acceptors (Lipinski definition) is 3. The van der Waals surface area contributed by atoms with Gasteiger partial charge in [-0.3, -0.25) is 0 Å². The van der Waals surface area contributed by atoms with Crippen molar-refractivity contribution >= 4 is 25.1 Å². The van der Waals surface area contributed by atoms with Crippen LogP contribution < -0.4 is 5.32 Å². The van der Waals surface area contributed by atoms with Gasteiger partial charge in [-0.05, 0) is 0 Å². The zero-order chi connectivity index (χ0) is 18.9. The van der Waals surface area contributed by atoms with Crippen LogP contribution in [0.4, 0.5) is 22.3 Å². The van der Waals surface area contributed by atoms with Gasteiger partial charge in [0.2, 0.25) is 0 Å². The number of anilines is 1. The van der Waals surface area contributed by atoms with Gasteiger partial charge in [0.15, 0.2) is 0 Å². The van der Waals surface area contributed by atoms with E-state index in [1.807, 2.05) is 0 Å². The van der Waals surface area contributed by atoms with Crippen molar-refractivity contribution in [2.75, 3.05) is 5.32 Å². The van der Waals surface area contributed by atoms with Crippen LogP contribution >= 0.6 is 0 Å². The Labute approximate surface area is 152 Å². The Hall–Kier alpha value is -2.19. The Morgan fingerprint density at radius 2 is 2.19 bits per heavy atom. The summed E-state index contributed by atoms with van der Waals surface area (Å²) in [6.07, 6.45) is 0.740. The molecule has 0 saturated carbocycles. The predicted molar refractivity (Wildman–Crippen MR) is 88.2 cm³/mol. The second-order valence-electron chi connectivity index (χ2n) is 5.47. The summed E-state index contributed by atoms with van der Waals surface area (Å²) in [4.78, 5) is 16.2. The van der Waals surface area contributed by atoms with Crippen LogP contribution in [0.1, 0.15) is 25.5 Å². The SMILES string of the molecule is CCn1nc(C(F)(F)F)cc1-c1cnc(NC(=O)C2=C(F)CCC=C2)[se]1. The molecule has 0 bridgehead atoms. The first-order valence-corrected chi connectivity index (χ1v) is 9.48. The van der Waals surface area contributed by atoms with Crippen LogP contribution in [0, 0.1) is 0 Å². The topological polar surface area (TPSA) is 59.8 Å². The first kappa shape index (κ1) is 18.6. The van der Waals surface area contributed by atoms with Crippen LogP contribution in [0.3, 0.4) is 0 Å². The van der Waals surface area contributed by atoms with Crippen LogP contribution in [-0.2, 0) is 17.5 Å². The van der Waals surface area contributed by atoms with E-state index in [1.165, 1.54) is 17.0 Å². The fourth-order valence-electron chi connectivity index (χ4n) is 2.44. The van der Waals surface area contributed by atoms with Crippen molar-refractivity contribution in [3.63, 3.8) is 0 Å². The summed E-state index contributed by atoms with van der Waals surface area (Å²) in [6, 6.07) is 0.976. The molecule has 0 aliphatic heterocycles. The van der Waals surface area contributed by atoms with Crippen molar-refractivity contribution in [1.29, 1.82) is 0 Å². The van der Waals surface area contributed by atoms with Gasteiger partial charge in [-0.15, -0.1) is 0 Å². The van der Waals surface area contributed by atoms with E-state index in [4.69, 9.17) is 0 Å². The van der Waals surface area contributed by atoms with E-state index in [0.29, 0.717) is 21.2 Å². The van der Waals surface area contributed by atoms with Gasteiger partial charge >= 0.3 is 152 Å². The summed E-state index contributed by atoms with van der Waals surface area (Å²) in [5, 5.41) is 6.11. The molecule has 0 aromatic carbocycles. The fourth-order valence-corrected chi connectivity index (χ4v) is 4.19. The molecule has 26 heavy (non-hydrogen) atoms. The molecule has 2 heterocycles. The van der Waals surface area contributed by atoms with Crippen molar-refractivity contribution < 1.29 is 22.4 Å². The summed E-state index contributed by atoms with van der Waals surface area (Å²) >= 11 is -0.513. The van der Waals surface area contributed by atoms with Gasteiger partial charge in [-0.25, -0.2) is 0 Å². The van der Waals surface area contributed by atoms with Crippen molar-refractivity contribution in [2.45, 2.75) is 32.5 Å². The van der Waals surface area contributed by atoms with E-state index in [2.05, 4.69) is 15.4 Å². The number of amides is 1. The maximum absolute atomic E-state index is 13.7. The van der Waals surface area contributed by atoms with Gasteiger partial charge in [0.1, 0.15) is 0 Å². The predicted octanol–water partition coefficient (Wildman–Crippen LogP) is 3.55. The molecule has 3 rings (SSSR count). The standard InChI is InChI=1S/C16H14F4N4OSe/c1-2-24-11(7-13(23-24)16(18,19)20)12-8-21-15(26-12)22-14(25)9-5-3-4-6-10(9)17/h3,5,7-8H,2,4,6H2,1H3,(H,21,22,25). The van der Waals surface area contributed by atoms with Crippen LogP contribution in [-0.4, -0.2) is 35.2 Å². The van der Waals surface area contributed by atoms with Crippen LogP contribution in [0.25, 0.3) is 10.1 Å². The van der Waals surface area contributed by atoms with Crippen LogP contribution in [0.5, 0.6) is 0 Å². The minimum absolute atomic E-state index is 0.0406. The monoisotopic (exact) mass is 434 g/mol. The molecule has 2 aromatic rings. The van der Waals surface area contributed by atoms with Crippen molar-refractivity contribution in [2.24, 2.45) is 0 Å². The number of carbonyl (C=O) groups excluding carboxylic acids is 1. The van der Waals surface area contributed by atoms with E-state index in [9.17, 15) is 22.4 Å². The molecule has 1 aliphatic rings. The van der Waals surface area contributed by atoms with Crippen LogP contribution in [0.15, 0.2) is 35.8 Å². The average molecular weight is 433 g/mol. The molecular formula is C16H14F4N4OSe. The molecule has 0 spiro atoms. The Morgan fingerprint density at radius 1 is 1.42 bits per heavy atom. The van der Waals surface area contributed by atoms with Gasteiger partial charge in [-0.2, -0.15) is 0 Å². The molecule has 0 unspecified atom stereocenters. The van der Waals surface area contributed by atoms with Crippen molar-refractivity contribution in [1.82, 2.24) is 14.8 Å². The number of carbonyl (C=O) groups is 1. The zero-order valence-electron chi connectivity index (χ0n) is 13.6. The molecule has 0 radical (unpaired) electrons. The number of halogens is 4. The van der Waals surface area contributed by atoms with Gasteiger partial charge in [0, 0.05) is 0 Å². The maximum atomic E-state index is 13.7. The molecule has 138 valence electrons. The average Bonchev–Trinajstić information content (AvgIpc) is 3.20. The molecule has 1 amide bonds. The molecule has 0 fully saturated rings. The Kier molecular flexibility index (Phi) is 5.15. The third-order valence-corrected chi connectivity index (χ3v) is 5.66. The van der Waals surface area contributed by atoms with E-state index >= 15 is 0 Å². The second-order valence-corrected chi connectivity index (χ2v) is 7.63. The first-order chi connectivity index (χ1) is 12.3. The number of aromatic nitrogens is 3. The molecular weight excluding hydrogens is 419 g/mol. The van der Waals surface area contributed by atoms with Crippen LogP contribution in [0.2, 0.25) is 0 Å². The number of allylic oxidation sites excluding steroid dienone is 2. The number of rotatable bonds is 4. The summed E-state index contributed by atoms with van der Waals surface area (Å²) in [6.45, 7) is 1.96. The fraction of sp³-hybridized carbons (Fsp3) is 0.312. The third kappa shape index (κ3) is 3.81. The molecule has 0 atom stereocenters. The van der Waals surface area contributed by atoms with E-state index in [-0.39, 0.29) is 18.5 Å². The van der Waals surface area contributed by atoms with E-state index in [0.717, 1.165) is 6.07 Å². The van der Waals surface area contributed by atoms with Crippen molar-refractivity contribution in [3.8, 4) is 10.1 Å². The van der Waals surface area contributed by atoms with Gasteiger partial charge < -0.3 is 0 Å².